The van der Waals surface area contributed by atoms with Crippen LogP contribution in [0.3, 0.4) is 0 Å². The molecule has 0 bridgehead atoms. The van der Waals surface area contributed by atoms with E-state index in [0.717, 1.165) is 58.1 Å². The molecule has 14 heteroatoms. The molecule has 0 spiro atoms. The van der Waals surface area contributed by atoms with Gasteiger partial charge in [0.1, 0.15) is 44.2 Å². The van der Waals surface area contributed by atoms with Crippen LogP contribution in [0.2, 0.25) is 0 Å². The Labute approximate surface area is 415 Å². The molecule has 0 aliphatic rings. The first kappa shape index (κ1) is 56.3. The van der Waals surface area contributed by atoms with Crippen LogP contribution < -0.4 is 24.3 Å². The number of allylic oxidation sites excluding steroid dienone is 2. The number of aldehydes is 1. The molecule has 0 aliphatic carbocycles. The third kappa shape index (κ3) is 16.7. The number of aromatic amines is 3. The number of rotatable bonds is 31. The average molecular weight is 965 g/mol. The second-order valence-electron chi connectivity index (χ2n) is 15.9. The van der Waals surface area contributed by atoms with Crippen LogP contribution >= 0.6 is 0 Å². The van der Waals surface area contributed by atoms with Crippen LogP contribution in [-0.4, -0.2) is 122 Å². The van der Waals surface area contributed by atoms with E-state index < -0.39 is 0 Å². The highest BCUT2D eigenvalue weighted by molar-refractivity contribution is 5.76. The fourth-order valence-electron chi connectivity index (χ4n) is 7.70. The van der Waals surface area contributed by atoms with E-state index in [4.69, 9.17) is 37.9 Å². The molecule has 6 rings (SSSR count). The third-order valence-electron chi connectivity index (χ3n) is 11.3. The van der Waals surface area contributed by atoms with Crippen LogP contribution in [0.4, 0.5) is 0 Å². The van der Waals surface area contributed by atoms with Crippen LogP contribution in [0.5, 0.6) is 23.0 Å². The van der Waals surface area contributed by atoms with Gasteiger partial charge in [-0.1, -0.05) is 51.1 Å². The number of carbonyl (C=O) groups excluding carboxylic acids is 1. The molecule has 1 unspecified atom stereocenters. The minimum absolute atomic E-state index is 0.273. The summed E-state index contributed by atoms with van der Waals surface area (Å²) in [4.78, 5) is 21.6. The van der Waals surface area contributed by atoms with Crippen molar-refractivity contribution in [1.29, 1.82) is 0 Å². The second-order valence-corrected chi connectivity index (χ2v) is 15.9. The average Bonchev–Trinajstić information content (AvgIpc) is 4.25. The molecule has 6 aromatic rings. The number of nitrogens with one attached hydrogen (secondary N) is 4. The number of ether oxygens (including phenoxy) is 9. The number of H-pyrrole nitrogens is 3. The lowest BCUT2D eigenvalue weighted by Crippen LogP contribution is -2.33. The molecule has 3 aromatic carbocycles. The van der Waals surface area contributed by atoms with Gasteiger partial charge in [-0.25, -0.2) is 0 Å². The van der Waals surface area contributed by atoms with Crippen LogP contribution in [-0.2, 0) is 34.5 Å². The summed E-state index contributed by atoms with van der Waals surface area (Å²) in [6.45, 7) is 15.2. The van der Waals surface area contributed by atoms with Crippen molar-refractivity contribution < 1.29 is 47.4 Å². The predicted molar refractivity (Wildman–Crippen MR) is 276 cm³/mol. The van der Waals surface area contributed by atoms with Crippen molar-refractivity contribution >= 4 is 6.29 Å². The number of aromatic nitrogens is 3. The highest BCUT2D eigenvalue weighted by Crippen LogP contribution is 2.39. The quantitative estimate of drug-likeness (QED) is 0.0243. The normalized spacial score (nSPS) is 12.1. The Bertz CT molecular complexity index is 2250. The Morgan fingerprint density at radius 3 is 1.37 bits per heavy atom. The van der Waals surface area contributed by atoms with Crippen LogP contribution in [0, 0.1) is 0 Å². The molecule has 14 nitrogen and oxygen atoms in total. The first-order valence-corrected chi connectivity index (χ1v) is 24.1. The summed E-state index contributed by atoms with van der Waals surface area (Å²) in [6.07, 6.45) is 9.77. The Kier molecular flexibility index (Phi) is 25.5. The topological polar surface area (TPSA) is 160 Å². The van der Waals surface area contributed by atoms with E-state index >= 15 is 0 Å². The molecule has 0 radical (unpaired) electrons. The molecule has 0 saturated heterocycles. The van der Waals surface area contributed by atoms with Crippen LogP contribution in [0.1, 0.15) is 79.6 Å². The largest absolute Gasteiger partial charge is 0.491 e. The Hall–Kier alpha value is -6.29. The fraction of sp³-hybridized carbons (Fsp3) is 0.411. The first-order chi connectivity index (χ1) is 34.3. The summed E-state index contributed by atoms with van der Waals surface area (Å²) in [7, 11) is 5.21. The predicted octanol–water partition coefficient (Wildman–Crippen LogP) is 9.93. The summed E-state index contributed by atoms with van der Waals surface area (Å²) in [6, 6.07) is 33.8. The molecule has 0 aliphatic heterocycles. The standard InChI is InChI=1S/C52H64N4O9.C2H6O.C2H6/c1-5-9-47(53-4)51(2,48-10-6-23-54-48)41-14-18-43(19-15-41)62-34-30-59-27-29-61-33-37-65-46-38-40(39-57)13-22-45(46)64-36-32-60-28-26-58-31-35-63-44-20-16-42(17-21-44)52(3,49-11-7-24-55-49)50-12-8-25-56-50;1-3-2;1-2/h6-25,38-39,53-56H,5,26-37H2,1-4H3;1-2H3;1-2H3/b47-9-;;. The molecular formula is C56H76N4O10. The van der Waals surface area contributed by atoms with Gasteiger partial charge in [-0.3, -0.25) is 4.79 Å². The van der Waals surface area contributed by atoms with E-state index in [1.807, 2.05) is 82.0 Å². The highest BCUT2D eigenvalue weighted by atomic mass is 16.6. The van der Waals surface area contributed by atoms with Gasteiger partial charge in [0.25, 0.3) is 0 Å². The zero-order chi connectivity index (χ0) is 50.3. The lowest BCUT2D eigenvalue weighted by molar-refractivity contribution is 0.0247. The number of benzene rings is 3. The van der Waals surface area contributed by atoms with Crippen LogP contribution in [0.25, 0.3) is 0 Å². The molecule has 70 heavy (non-hydrogen) atoms. The second kappa shape index (κ2) is 31.8. The first-order valence-electron chi connectivity index (χ1n) is 24.1. The van der Waals surface area contributed by atoms with Gasteiger partial charge in [-0.2, -0.15) is 0 Å². The SMILES string of the molecule is CC.CC/C=C(\NC)C(C)(c1ccc(OCCOCCOCCOc2cc(C=O)ccc2OCCOCCOCCOc2ccc(C(C)(c3ccc[nH]3)c3ccc[nH]3)cc2)cc1)c1ccc[nH]1.COC. The number of carbonyl (C=O) groups is 1. The van der Waals surface area contributed by atoms with E-state index in [0.29, 0.717) is 89.7 Å². The number of hydrogen-bond donors (Lipinski definition) is 4. The van der Waals surface area contributed by atoms with Gasteiger partial charge in [-0.15, -0.1) is 0 Å². The van der Waals surface area contributed by atoms with E-state index in [-0.39, 0.29) is 17.4 Å². The van der Waals surface area contributed by atoms with Crippen molar-refractivity contribution in [3.63, 3.8) is 0 Å². The van der Waals surface area contributed by atoms with Gasteiger partial charge in [-0.05, 0) is 110 Å². The molecular weight excluding hydrogens is 889 g/mol. The van der Waals surface area contributed by atoms with E-state index in [1.165, 1.54) is 0 Å². The maximum atomic E-state index is 11.4. The third-order valence-corrected chi connectivity index (χ3v) is 11.3. The van der Waals surface area contributed by atoms with E-state index in [2.05, 4.69) is 94.3 Å². The fourth-order valence-corrected chi connectivity index (χ4v) is 7.70. The van der Waals surface area contributed by atoms with Crippen molar-refractivity contribution in [2.24, 2.45) is 0 Å². The summed E-state index contributed by atoms with van der Waals surface area (Å²) < 4.78 is 50.8. The molecule has 380 valence electrons. The van der Waals surface area contributed by atoms with Crippen molar-refractivity contribution in [2.45, 2.75) is 51.9 Å². The van der Waals surface area contributed by atoms with Crippen molar-refractivity contribution in [3.8, 4) is 23.0 Å². The zero-order valence-electron chi connectivity index (χ0n) is 42.5. The monoisotopic (exact) mass is 965 g/mol. The molecule has 0 amide bonds. The summed E-state index contributed by atoms with van der Waals surface area (Å²) >= 11 is 0. The lowest BCUT2D eigenvalue weighted by atomic mass is 9.76. The molecule has 4 N–H and O–H groups in total. The minimum atomic E-state index is -0.352. The number of hydrogen-bond acceptors (Lipinski definition) is 11. The Morgan fingerprint density at radius 1 is 0.543 bits per heavy atom. The highest BCUT2D eigenvalue weighted by Gasteiger charge is 2.34. The van der Waals surface area contributed by atoms with Gasteiger partial charge in [0, 0.05) is 68.2 Å². The number of methoxy groups -OCH3 is 1. The smallest absolute Gasteiger partial charge is 0.162 e. The maximum Gasteiger partial charge on any atom is 0.162 e. The van der Waals surface area contributed by atoms with Gasteiger partial charge in [0.05, 0.1) is 63.7 Å². The molecule has 1 atom stereocenters. The number of likely N-dealkylation sites (N-methyl/N-ethyl adjacent to an activating group) is 1. The van der Waals surface area contributed by atoms with Gasteiger partial charge >= 0.3 is 0 Å². The Morgan fingerprint density at radius 2 is 0.957 bits per heavy atom. The molecule has 3 aromatic heterocycles. The van der Waals surface area contributed by atoms with Crippen molar-refractivity contribution in [3.05, 3.63) is 167 Å². The van der Waals surface area contributed by atoms with Gasteiger partial charge in [0.15, 0.2) is 11.5 Å². The van der Waals surface area contributed by atoms with Gasteiger partial charge < -0.3 is 62.9 Å². The lowest BCUT2D eigenvalue weighted by Gasteiger charge is -2.32. The van der Waals surface area contributed by atoms with Gasteiger partial charge in [0.2, 0.25) is 0 Å². The van der Waals surface area contributed by atoms with Crippen LogP contribution in [0.15, 0.2) is 133 Å². The van der Waals surface area contributed by atoms with E-state index in [1.54, 1.807) is 32.4 Å². The maximum absolute atomic E-state index is 11.4. The molecule has 0 fully saturated rings. The van der Waals surface area contributed by atoms with E-state index in [9.17, 15) is 4.79 Å². The summed E-state index contributed by atoms with van der Waals surface area (Å²) in [5.41, 5.74) is 6.54. The molecule has 3 heterocycles. The minimum Gasteiger partial charge on any atom is -0.491 e. The van der Waals surface area contributed by atoms with Crippen molar-refractivity contribution in [2.75, 3.05) is 101 Å². The van der Waals surface area contributed by atoms with Crippen molar-refractivity contribution in [1.82, 2.24) is 20.3 Å². The summed E-state index contributed by atoms with van der Waals surface area (Å²) in [5.74, 6) is 2.53. The molecule has 0 saturated carbocycles. The summed E-state index contributed by atoms with van der Waals surface area (Å²) in [5, 5.41) is 3.40. The Balaban J connectivity index is 0.00000205. The zero-order valence-corrected chi connectivity index (χ0v) is 42.5.